The van der Waals surface area contributed by atoms with Gasteiger partial charge in [-0.15, -0.1) is 0 Å². The number of aromatic nitrogens is 1. The maximum atomic E-state index is 4.07. The van der Waals surface area contributed by atoms with Gasteiger partial charge < -0.3 is 0 Å². The summed E-state index contributed by atoms with van der Waals surface area (Å²) in [7, 11) is 0. The van der Waals surface area contributed by atoms with Gasteiger partial charge in [-0.2, -0.15) is 0 Å². The monoisotopic (exact) mass is 249 g/mol. The molecule has 0 unspecified atom stereocenters. The molecule has 0 bridgehead atoms. The van der Waals surface area contributed by atoms with Crippen molar-refractivity contribution in [2.24, 2.45) is 0 Å². The number of fused-ring (bicyclic) bond motifs is 1. The van der Waals surface area contributed by atoms with E-state index < -0.39 is 0 Å². The van der Waals surface area contributed by atoms with Gasteiger partial charge in [-0.05, 0) is 0 Å². The Morgan fingerprint density at radius 2 is 2.00 bits per heavy atom. The predicted molar refractivity (Wildman–Crippen MR) is 48.5 cm³/mol. The molecule has 0 fully saturated rings. The predicted octanol–water partition coefficient (Wildman–Crippen LogP) is 0.761. The number of hydrogen-bond acceptors (Lipinski definition) is 1. The van der Waals surface area contributed by atoms with Gasteiger partial charge in [0.15, 0.2) is 0 Å². The van der Waals surface area contributed by atoms with Crippen LogP contribution in [-0.2, 0) is 0 Å². The number of pyridine rings is 1. The van der Waals surface area contributed by atoms with Crippen LogP contribution in [0.1, 0.15) is 0 Å². The van der Waals surface area contributed by atoms with Crippen molar-refractivity contribution in [1.29, 1.82) is 0 Å². The molecule has 0 saturated heterocycles. The van der Waals surface area contributed by atoms with Crippen molar-refractivity contribution in [3.05, 3.63) is 36.7 Å². The quantitative estimate of drug-likeness (QED) is 0.627. The Kier molecular flexibility index (Phi) is 1.82. The molecule has 0 saturated carbocycles. The molecule has 1 heterocycles. The van der Waals surface area contributed by atoms with Crippen molar-refractivity contribution >= 4 is 36.9 Å². The Labute approximate surface area is 78.5 Å². The molecule has 1 nitrogen and oxygen atoms in total. The molecule has 0 aliphatic heterocycles. The third kappa shape index (κ3) is 1.38. The second-order valence-corrected chi connectivity index (χ2v) is 4.38. The van der Waals surface area contributed by atoms with Gasteiger partial charge in [0.25, 0.3) is 0 Å². The third-order valence-corrected chi connectivity index (χ3v) is 2.69. The van der Waals surface area contributed by atoms with E-state index in [2.05, 4.69) is 23.2 Å². The van der Waals surface area contributed by atoms with Crippen LogP contribution in [0.5, 0.6) is 0 Å². The maximum absolute atomic E-state index is 4.07. The molecule has 11 heavy (non-hydrogen) atoms. The Bertz CT molecular complexity index is 384. The Morgan fingerprint density at radius 3 is 2.91 bits per heavy atom. The molecule has 0 aliphatic rings. The first-order valence-corrected chi connectivity index (χ1v) is 5.10. The summed E-state index contributed by atoms with van der Waals surface area (Å²) in [6.45, 7) is 0. The summed E-state index contributed by atoms with van der Waals surface area (Å²) < 4.78 is 1.41. The molecule has 0 aliphatic carbocycles. The van der Waals surface area contributed by atoms with Gasteiger partial charge in [-0.1, -0.05) is 0 Å². The second kappa shape index (κ2) is 2.81. The molecule has 0 amide bonds. The number of benzene rings is 1. The molecule has 2 aromatic rings. The molecule has 1 aromatic heterocycles. The fourth-order valence-electron chi connectivity index (χ4n) is 1.10. The minimum absolute atomic E-state index is 1.18. The molecule has 0 atom stereocenters. The van der Waals surface area contributed by atoms with Gasteiger partial charge in [0.1, 0.15) is 0 Å². The Hall–Kier alpha value is -0.571. The first-order chi connectivity index (χ1) is 5.36. The van der Waals surface area contributed by atoms with Crippen molar-refractivity contribution in [2.45, 2.75) is 0 Å². The van der Waals surface area contributed by atoms with Crippen LogP contribution in [-0.4, -0.2) is 27.5 Å². The van der Waals surface area contributed by atoms with Gasteiger partial charge in [-0.25, -0.2) is 0 Å². The topological polar surface area (TPSA) is 12.9 Å². The molecule has 2 rings (SSSR count). The van der Waals surface area contributed by atoms with Crippen molar-refractivity contribution < 1.29 is 0 Å². The molecular formula is C9H7NSn. The molecule has 2 heteroatoms. The Morgan fingerprint density at radius 1 is 1.09 bits per heavy atom. The van der Waals surface area contributed by atoms with E-state index in [0.29, 0.717) is 0 Å². The summed E-state index contributed by atoms with van der Waals surface area (Å²) in [5.41, 5.74) is 0. The standard InChI is InChI=1S/C9H6N.Sn.H/c1-2-4-9-7-10-6-5-8(9)3-1;;/h1,3-7H;;. The van der Waals surface area contributed by atoms with Crippen LogP contribution in [0.25, 0.3) is 10.8 Å². The summed E-state index contributed by atoms with van der Waals surface area (Å²) in [5.74, 6) is 0. The zero-order valence-electron chi connectivity index (χ0n) is 5.99. The van der Waals surface area contributed by atoms with Crippen LogP contribution in [0.2, 0.25) is 0 Å². The fourth-order valence-corrected chi connectivity index (χ4v) is 1.89. The van der Waals surface area contributed by atoms with E-state index in [1.807, 2.05) is 18.5 Å². The average molecular weight is 248 g/mol. The molecule has 2 radical (unpaired) electrons. The van der Waals surface area contributed by atoms with Crippen molar-refractivity contribution in [3.8, 4) is 0 Å². The summed E-state index contributed by atoms with van der Waals surface area (Å²) in [6, 6.07) is 8.56. The molecule has 0 spiro atoms. The van der Waals surface area contributed by atoms with Gasteiger partial charge >= 0.3 is 78.5 Å². The van der Waals surface area contributed by atoms with E-state index in [-0.39, 0.29) is 0 Å². The Balaban J connectivity index is 2.83. The van der Waals surface area contributed by atoms with Crippen LogP contribution in [0.4, 0.5) is 0 Å². The molecule has 1 aromatic carbocycles. The molecular weight excluding hydrogens is 241 g/mol. The third-order valence-electron chi connectivity index (χ3n) is 1.66. The first kappa shape index (κ1) is 7.10. The minimum atomic E-state index is 1.18. The van der Waals surface area contributed by atoms with Gasteiger partial charge in [0.2, 0.25) is 0 Å². The first-order valence-electron chi connectivity index (χ1n) is 3.45. The van der Waals surface area contributed by atoms with Gasteiger partial charge in [0, 0.05) is 0 Å². The van der Waals surface area contributed by atoms with E-state index >= 15 is 0 Å². The zero-order valence-corrected chi connectivity index (χ0v) is 9.28. The SMILES string of the molecule is [SnH][c]1ccc2ccncc2c1. The van der Waals surface area contributed by atoms with E-state index in [9.17, 15) is 0 Å². The van der Waals surface area contributed by atoms with E-state index in [4.69, 9.17) is 0 Å². The van der Waals surface area contributed by atoms with Gasteiger partial charge in [0.05, 0.1) is 0 Å². The zero-order chi connectivity index (χ0) is 7.68. The van der Waals surface area contributed by atoms with Crippen LogP contribution in [0.15, 0.2) is 36.7 Å². The van der Waals surface area contributed by atoms with Crippen LogP contribution >= 0.6 is 0 Å². The summed E-state index contributed by atoms with van der Waals surface area (Å²) in [5, 5.41) is 2.52. The van der Waals surface area contributed by atoms with Crippen molar-refractivity contribution in [1.82, 2.24) is 4.98 Å². The van der Waals surface area contributed by atoms with Gasteiger partial charge in [-0.3, -0.25) is 0 Å². The van der Waals surface area contributed by atoms with E-state index in [1.165, 1.54) is 36.9 Å². The van der Waals surface area contributed by atoms with Crippen molar-refractivity contribution in [2.75, 3.05) is 0 Å². The molecule has 0 N–H and O–H groups in total. The summed E-state index contributed by atoms with van der Waals surface area (Å²) in [4.78, 5) is 4.07. The van der Waals surface area contributed by atoms with Crippen LogP contribution in [0, 0.1) is 0 Å². The normalized spacial score (nSPS) is 10.3. The summed E-state index contributed by atoms with van der Waals surface area (Å²) >= 11 is 1.18. The fraction of sp³-hybridized carbons (Fsp3) is 0. The van der Waals surface area contributed by atoms with E-state index in [0.717, 1.165) is 0 Å². The number of nitrogens with zero attached hydrogens (tertiary/aromatic N) is 1. The van der Waals surface area contributed by atoms with Crippen LogP contribution < -0.4 is 3.58 Å². The number of rotatable bonds is 0. The number of hydrogen-bond donors (Lipinski definition) is 0. The summed E-state index contributed by atoms with van der Waals surface area (Å²) in [6.07, 6.45) is 3.74. The average Bonchev–Trinajstić information content (AvgIpc) is 2.04. The van der Waals surface area contributed by atoms with Crippen LogP contribution in [0.3, 0.4) is 0 Å². The van der Waals surface area contributed by atoms with Crippen molar-refractivity contribution in [3.63, 3.8) is 0 Å². The second-order valence-electron chi connectivity index (χ2n) is 2.48. The van der Waals surface area contributed by atoms with E-state index in [1.54, 1.807) is 0 Å². The molecule has 52 valence electrons.